The molecule has 2 aromatic carbocycles. The van der Waals surface area contributed by atoms with Crippen LogP contribution in [0.2, 0.25) is 0 Å². The van der Waals surface area contributed by atoms with Crippen molar-refractivity contribution < 1.29 is 9.53 Å². The highest BCUT2D eigenvalue weighted by molar-refractivity contribution is 5.96. The van der Waals surface area contributed by atoms with Crippen molar-refractivity contribution in [3.63, 3.8) is 0 Å². The molecule has 0 aliphatic heterocycles. The van der Waals surface area contributed by atoms with Gasteiger partial charge in [-0.1, -0.05) is 42.5 Å². The lowest BCUT2D eigenvalue weighted by atomic mass is 10.1. The number of nitrogens with zero attached hydrogens (tertiary/aromatic N) is 2. The maximum absolute atomic E-state index is 12.6. The third-order valence-corrected chi connectivity index (χ3v) is 4.65. The van der Waals surface area contributed by atoms with E-state index in [1.165, 1.54) is 5.56 Å². The normalized spacial score (nSPS) is 10.7. The third kappa shape index (κ3) is 5.00. The van der Waals surface area contributed by atoms with E-state index in [1.807, 2.05) is 67.9 Å². The Labute approximate surface area is 166 Å². The maximum atomic E-state index is 12.6. The van der Waals surface area contributed by atoms with Crippen LogP contribution < -0.4 is 10.1 Å². The summed E-state index contributed by atoms with van der Waals surface area (Å²) in [6.07, 6.45) is 0.746. The minimum Gasteiger partial charge on any atom is -0.494 e. The highest BCUT2D eigenvalue weighted by Crippen LogP contribution is 2.15. The first-order chi connectivity index (χ1) is 13.5. The van der Waals surface area contributed by atoms with E-state index in [9.17, 15) is 4.79 Å². The molecule has 0 aliphatic carbocycles. The van der Waals surface area contributed by atoms with Crippen LogP contribution in [0, 0.1) is 20.8 Å². The zero-order valence-corrected chi connectivity index (χ0v) is 16.7. The van der Waals surface area contributed by atoms with Crippen molar-refractivity contribution >= 4 is 5.91 Å². The van der Waals surface area contributed by atoms with E-state index >= 15 is 0 Å². The Balaban J connectivity index is 1.51. The molecular formula is C23H27N3O2. The number of amides is 1. The van der Waals surface area contributed by atoms with Crippen molar-refractivity contribution in [3.8, 4) is 5.75 Å². The third-order valence-electron chi connectivity index (χ3n) is 4.65. The Morgan fingerprint density at radius 2 is 1.86 bits per heavy atom. The van der Waals surface area contributed by atoms with Crippen LogP contribution in [0.15, 0.2) is 54.6 Å². The molecular weight excluding hydrogens is 350 g/mol. The second-order valence-corrected chi connectivity index (χ2v) is 6.96. The van der Waals surface area contributed by atoms with Gasteiger partial charge in [-0.3, -0.25) is 9.48 Å². The zero-order valence-electron chi connectivity index (χ0n) is 16.7. The van der Waals surface area contributed by atoms with Crippen LogP contribution in [-0.2, 0) is 6.54 Å². The summed E-state index contributed by atoms with van der Waals surface area (Å²) in [5, 5.41) is 7.53. The molecule has 1 heterocycles. The number of nitrogens with one attached hydrogen (secondary N) is 1. The molecule has 146 valence electrons. The summed E-state index contributed by atoms with van der Waals surface area (Å²) in [7, 11) is 0. The van der Waals surface area contributed by atoms with Crippen LogP contribution in [0.1, 0.15) is 39.3 Å². The largest absolute Gasteiger partial charge is 0.494 e. The summed E-state index contributed by atoms with van der Waals surface area (Å²) in [6, 6.07) is 18.1. The average Bonchev–Trinajstić information content (AvgIpc) is 2.95. The van der Waals surface area contributed by atoms with Crippen molar-refractivity contribution in [2.75, 3.05) is 13.2 Å². The minimum atomic E-state index is -0.0788. The molecule has 0 bridgehead atoms. The first-order valence-corrected chi connectivity index (χ1v) is 9.60. The Morgan fingerprint density at radius 3 is 2.61 bits per heavy atom. The monoisotopic (exact) mass is 377 g/mol. The molecule has 0 saturated heterocycles. The lowest BCUT2D eigenvalue weighted by molar-refractivity contribution is 0.0950. The lowest BCUT2D eigenvalue weighted by Crippen LogP contribution is -2.26. The van der Waals surface area contributed by atoms with Gasteiger partial charge >= 0.3 is 0 Å². The topological polar surface area (TPSA) is 56.1 Å². The summed E-state index contributed by atoms with van der Waals surface area (Å²) in [6.45, 7) is 7.64. The fraction of sp³-hybridized carbons (Fsp3) is 0.304. The van der Waals surface area contributed by atoms with Crippen molar-refractivity contribution in [1.29, 1.82) is 0 Å². The van der Waals surface area contributed by atoms with Gasteiger partial charge < -0.3 is 10.1 Å². The molecule has 5 nitrogen and oxygen atoms in total. The van der Waals surface area contributed by atoms with Gasteiger partial charge in [-0.05, 0) is 50.5 Å². The number of hydrogen-bond donors (Lipinski definition) is 1. The molecule has 1 amide bonds. The van der Waals surface area contributed by atoms with Crippen molar-refractivity contribution in [2.45, 2.75) is 33.7 Å². The standard InChI is InChI=1S/C23H27N3O2/c1-17-9-7-12-21(15-17)28-14-8-13-24-23(27)22-18(2)25-26(19(22)3)16-20-10-5-4-6-11-20/h4-7,9-12,15H,8,13-14,16H2,1-3H3,(H,24,27). The van der Waals surface area contributed by atoms with Gasteiger partial charge in [-0.15, -0.1) is 0 Å². The van der Waals surface area contributed by atoms with Crippen LogP contribution in [0.3, 0.4) is 0 Å². The van der Waals surface area contributed by atoms with Crippen molar-refractivity contribution in [1.82, 2.24) is 15.1 Å². The Hall–Kier alpha value is -3.08. The molecule has 0 aliphatic rings. The van der Waals surface area contributed by atoms with Gasteiger partial charge in [0.05, 0.1) is 24.4 Å². The Bertz CT molecular complexity index is 932. The van der Waals surface area contributed by atoms with Crippen LogP contribution >= 0.6 is 0 Å². The number of aromatic nitrogens is 2. The highest BCUT2D eigenvalue weighted by Gasteiger charge is 2.18. The quantitative estimate of drug-likeness (QED) is 0.603. The molecule has 3 aromatic rings. The molecule has 5 heteroatoms. The smallest absolute Gasteiger partial charge is 0.255 e. The average molecular weight is 377 g/mol. The maximum Gasteiger partial charge on any atom is 0.255 e. The summed E-state index contributed by atoms with van der Waals surface area (Å²) in [4.78, 5) is 12.6. The summed E-state index contributed by atoms with van der Waals surface area (Å²) in [5.41, 5.74) is 4.63. The fourth-order valence-corrected chi connectivity index (χ4v) is 3.19. The van der Waals surface area contributed by atoms with E-state index in [0.717, 1.165) is 29.1 Å². The second-order valence-electron chi connectivity index (χ2n) is 6.96. The molecule has 0 fully saturated rings. The van der Waals surface area contributed by atoms with E-state index in [1.54, 1.807) is 0 Å². The van der Waals surface area contributed by atoms with Crippen LogP contribution in [0.5, 0.6) is 5.75 Å². The van der Waals surface area contributed by atoms with Gasteiger partial charge in [0.1, 0.15) is 5.75 Å². The van der Waals surface area contributed by atoms with E-state index in [2.05, 4.69) is 22.5 Å². The second kappa shape index (κ2) is 9.22. The molecule has 0 atom stereocenters. The van der Waals surface area contributed by atoms with Crippen molar-refractivity contribution in [3.05, 3.63) is 82.7 Å². The summed E-state index contributed by atoms with van der Waals surface area (Å²) >= 11 is 0. The predicted molar refractivity (Wildman–Crippen MR) is 111 cm³/mol. The van der Waals surface area contributed by atoms with E-state index in [4.69, 9.17) is 4.74 Å². The molecule has 0 saturated carbocycles. The molecule has 0 radical (unpaired) electrons. The molecule has 1 aromatic heterocycles. The summed E-state index contributed by atoms with van der Waals surface area (Å²) in [5.74, 6) is 0.782. The lowest BCUT2D eigenvalue weighted by Gasteiger charge is -2.09. The molecule has 0 unspecified atom stereocenters. The first kappa shape index (κ1) is 19.7. The first-order valence-electron chi connectivity index (χ1n) is 9.60. The number of rotatable bonds is 8. The fourth-order valence-electron chi connectivity index (χ4n) is 3.19. The number of benzene rings is 2. The predicted octanol–water partition coefficient (Wildman–Crippen LogP) is 4.06. The van der Waals surface area contributed by atoms with Crippen molar-refractivity contribution in [2.24, 2.45) is 0 Å². The van der Waals surface area contributed by atoms with E-state index < -0.39 is 0 Å². The van der Waals surface area contributed by atoms with Gasteiger partial charge in [0.15, 0.2) is 0 Å². The Kier molecular flexibility index (Phi) is 6.48. The summed E-state index contributed by atoms with van der Waals surface area (Å²) < 4.78 is 7.61. The molecule has 28 heavy (non-hydrogen) atoms. The van der Waals surface area contributed by atoms with Gasteiger partial charge in [0.2, 0.25) is 0 Å². The minimum absolute atomic E-state index is 0.0788. The zero-order chi connectivity index (χ0) is 19.9. The van der Waals surface area contributed by atoms with Gasteiger partial charge in [-0.2, -0.15) is 5.10 Å². The molecule has 1 N–H and O–H groups in total. The molecule has 3 rings (SSSR count). The number of aryl methyl sites for hydroxylation is 2. The van der Waals surface area contributed by atoms with Crippen LogP contribution in [0.4, 0.5) is 0 Å². The number of carbonyl (C=O) groups is 1. The number of carbonyl (C=O) groups excluding carboxylic acids is 1. The van der Waals surface area contributed by atoms with Gasteiger partial charge in [0.25, 0.3) is 5.91 Å². The Morgan fingerprint density at radius 1 is 1.07 bits per heavy atom. The van der Waals surface area contributed by atoms with E-state index in [0.29, 0.717) is 25.3 Å². The number of ether oxygens (including phenoxy) is 1. The van der Waals surface area contributed by atoms with E-state index in [-0.39, 0.29) is 5.91 Å². The number of hydrogen-bond acceptors (Lipinski definition) is 3. The SMILES string of the molecule is Cc1cccc(OCCCNC(=O)c2c(C)nn(Cc3ccccc3)c2C)c1. The molecule has 0 spiro atoms. The van der Waals surface area contributed by atoms with Crippen LogP contribution in [-0.4, -0.2) is 28.8 Å². The van der Waals surface area contributed by atoms with Gasteiger partial charge in [0, 0.05) is 12.2 Å². The van der Waals surface area contributed by atoms with Crippen LogP contribution in [0.25, 0.3) is 0 Å². The highest BCUT2D eigenvalue weighted by atomic mass is 16.5. The van der Waals surface area contributed by atoms with Gasteiger partial charge in [-0.25, -0.2) is 0 Å².